The van der Waals surface area contributed by atoms with Crippen molar-refractivity contribution in [2.75, 3.05) is 11.9 Å². The summed E-state index contributed by atoms with van der Waals surface area (Å²) in [4.78, 5) is 24.0. The molecule has 0 aliphatic rings. The maximum absolute atomic E-state index is 12.9. The van der Waals surface area contributed by atoms with Gasteiger partial charge in [0.1, 0.15) is 0 Å². The van der Waals surface area contributed by atoms with Gasteiger partial charge >= 0.3 is 18.2 Å². The molecule has 0 bridgehead atoms. The molecule has 146 valence electrons. The molecule has 2 rings (SSSR count). The SMILES string of the molecule is CCOC(=O)C(Cc1cc[nH]n1)OC(=O)Nc1cccc(C(F)(F)F)c1Cl. The van der Waals surface area contributed by atoms with Gasteiger partial charge in [-0.2, -0.15) is 18.3 Å². The van der Waals surface area contributed by atoms with Crippen LogP contribution in [0.15, 0.2) is 30.5 Å². The predicted molar refractivity (Wildman–Crippen MR) is 89.3 cm³/mol. The van der Waals surface area contributed by atoms with Gasteiger partial charge in [0.25, 0.3) is 0 Å². The van der Waals surface area contributed by atoms with E-state index in [1.807, 2.05) is 0 Å². The zero-order valence-corrected chi connectivity index (χ0v) is 14.7. The number of hydrogen-bond acceptors (Lipinski definition) is 5. The van der Waals surface area contributed by atoms with Crippen LogP contribution in [-0.2, 0) is 26.9 Å². The molecule has 7 nitrogen and oxygen atoms in total. The minimum Gasteiger partial charge on any atom is -0.463 e. The number of carbonyl (C=O) groups excluding carboxylic acids is 2. The van der Waals surface area contributed by atoms with Crippen LogP contribution in [0.2, 0.25) is 5.02 Å². The highest BCUT2D eigenvalue weighted by Crippen LogP contribution is 2.38. The number of carbonyl (C=O) groups is 2. The molecule has 1 aromatic carbocycles. The number of nitrogens with zero attached hydrogens (tertiary/aromatic N) is 1. The van der Waals surface area contributed by atoms with E-state index in [9.17, 15) is 22.8 Å². The van der Waals surface area contributed by atoms with Crippen LogP contribution in [0.25, 0.3) is 0 Å². The third-order valence-corrected chi connectivity index (χ3v) is 3.70. The zero-order chi connectivity index (χ0) is 20.0. The Morgan fingerprint density at radius 3 is 2.67 bits per heavy atom. The van der Waals surface area contributed by atoms with E-state index in [2.05, 4.69) is 15.5 Å². The van der Waals surface area contributed by atoms with Crippen molar-refractivity contribution >= 4 is 29.4 Å². The normalized spacial score (nSPS) is 12.3. The molecule has 2 N–H and O–H groups in total. The number of esters is 1. The topological polar surface area (TPSA) is 93.3 Å². The minimum atomic E-state index is -4.69. The molecule has 0 aliphatic carbocycles. The van der Waals surface area contributed by atoms with Crippen LogP contribution in [-0.4, -0.2) is 35.0 Å². The summed E-state index contributed by atoms with van der Waals surface area (Å²) >= 11 is 5.71. The molecule has 0 spiro atoms. The van der Waals surface area contributed by atoms with Gasteiger partial charge in [0.15, 0.2) is 0 Å². The Hall–Kier alpha value is -2.75. The van der Waals surface area contributed by atoms with Crippen LogP contribution in [0.4, 0.5) is 23.7 Å². The molecule has 27 heavy (non-hydrogen) atoms. The fourth-order valence-electron chi connectivity index (χ4n) is 2.12. The largest absolute Gasteiger partial charge is 0.463 e. The molecule has 11 heteroatoms. The highest BCUT2D eigenvalue weighted by molar-refractivity contribution is 6.34. The number of ether oxygens (including phenoxy) is 2. The van der Waals surface area contributed by atoms with Crippen LogP contribution in [0.1, 0.15) is 18.2 Å². The molecular formula is C16H15ClF3N3O4. The zero-order valence-electron chi connectivity index (χ0n) is 14.0. The maximum Gasteiger partial charge on any atom is 0.417 e. The molecular weight excluding hydrogens is 391 g/mol. The lowest BCUT2D eigenvalue weighted by Crippen LogP contribution is -2.33. The van der Waals surface area contributed by atoms with E-state index in [1.165, 1.54) is 12.3 Å². The number of aromatic nitrogens is 2. The Labute approximate surface area is 156 Å². The van der Waals surface area contributed by atoms with Crippen molar-refractivity contribution in [1.29, 1.82) is 0 Å². The van der Waals surface area contributed by atoms with Crippen molar-refractivity contribution in [3.8, 4) is 0 Å². The third-order valence-electron chi connectivity index (χ3n) is 3.29. The highest BCUT2D eigenvalue weighted by atomic mass is 35.5. The molecule has 0 fully saturated rings. The fraction of sp³-hybridized carbons (Fsp3) is 0.312. The lowest BCUT2D eigenvalue weighted by atomic mass is 10.2. The lowest BCUT2D eigenvalue weighted by molar-refractivity contribution is -0.152. The average molecular weight is 406 g/mol. The Kier molecular flexibility index (Phi) is 6.67. The van der Waals surface area contributed by atoms with Crippen molar-refractivity contribution in [2.24, 2.45) is 0 Å². The van der Waals surface area contributed by atoms with Gasteiger partial charge in [-0.15, -0.1) is 0 Å². The summed E-state index contributed by atoms with van der Waals surface area (Å²) < 4.78 is 48.5. The van der Waals surface area contributed by atoms with Gasteiger partial charge < -0.3 is 9.47 Å². The van der Waals surface area contributed by atoms with Gasteiger partial charge in [-0.25, -0.2) is 9.59 Å². The fourth-order valence-corrected chi connectivity index (χ4v) is 2.40. The van der Waals surface area contributed by atoms with Gasteiger partial charge in [-0.05, 0) is 25.1 Å². The van der Waals surface area contributed by atoms with Crippen LogP contribution in [0.5, 0.6) is 0 Å². The van der Waals surface area contributed by atoms with Crippen LogP contribution >= 0.6 is 11.6 Å². The van der Waals surface area contributed by atoms with Crippen molar-refractivity contribution in [1.82, 2.24) is 10.2 Å². The first kappa shape index (κ1) is 20.6. The quantitative estimate of drug-likeness (QED) is 0.713. The number of anilines is 1. The van der Waals surface area contributed by atoms with Crippen molar-refractivity contribution < 1.29 is 32.2 Å². The van der Waals surface area contributed by atoms with E-state index in [0.29, 0.717) is 5.69 Å². The first-order valence-electron chi connectivity index (χ1n) is 7.71. The van der Waals surface area contributed by atoms with Crippen LogP contribution < -0.4 is 5.32 Å². The lowest BCUT2D eigenvalue weighted by Gasteiger charge is -2.17. The Bertz CT molecular complexity index is 797. The molecule has 1 amide bonds. The highest BCUT2D eigenvalue weighted by Gasteiger charge is 2.34. The summed E-state index contributed by atoms with van der Waals surface area (Å²) in [6.45, 7) is 1.63. The van der Waals surface area contributed by atoms with Crippen molar-refractivity contribution in [3.05, 3.63) is 46.7 Å². The second kappa shape index (κ2) is 8.76. The number of hydrogen-bond donors (Lipinski definition) is 2. The van der Waals surface area contributed by atoms with Gasteiger partial charge in [0, 0.05) is 12.6 Å². The van der Waals surface area contributed by atoms with E-state index >= 15 is 0 Å². The number of aromatic amines is 1. The van der Waals surface area contributed by atoms with Gasteiger partial charge in [0.05, 0.1) is 28.6 Å². The number of benzene rings is 1. The molecule has 0 aliphatic heterocycles. The molecule has 0 saturated heterocycles. The maximum atomic E-state index is 12.9. The average Bonchev–Trinajstić information content (AvgIpc) is 3.08. The molecule has 1 heterocycles. The number of nitrogens with one attached hydrogen (secondary N) is 2. The predicted octanol–water partition coefficient (Wildman–Crippen LogP) is 3.80. The molecule has 1 unspecified atom stereocenters. The van der Waals surface area contributed by atoms with Crippen molar-refractivity contribution in [2.45, 2.75) is 25.6 Å². The van der Waals surface area contributed by atoms with Gasteiger partial charge in [-0.3, -0.25) is 10.4 Å². The Morgan fingerprint density at radius 2 is 2.07 bits per heavy atom. The molecule has 1 atom stereocenters. The van der Waals surface area contributed by atoms with E-state index in [1.54, 1.807) is 13.0 Å². The van der Waals surface area contributed by atoms with E-state index in [0.717, 1.165) is 12.1 Å². The Morgan fingerprint density at radius 1 is 1.33 bits per heavy atom. The number of amides is 1. The second-order valence-electron chi connectivity index (χ2n) is 5.21. The molecule has 1 aromatic heterocycles. The van der Waals surface area contributed by atoms with Gasteiger partial charge in [0.2, 0.25) is 6.10 Å². The summed E-state index contributed by atoms with van der Waals surface area (Å²) in [7, 11) is 0. The number of alkyl halides is 3. The third kappa shape index (κ3) is 5.61. The minimum absolute atomic E-state index is 0.0559. The van der Waals surface area contributed by atoms with E-state index < -0.39 is 34.9 Å². The smallest absolute Gasteiger partial charge is 0.417 e. The molecule has 2 aromatic rings. The summed E-state index contributed by atoms with van der Waals surface area (Å²) in [5.41, 5.74) is -0.989. The second-order valence-corrected chi connectivity index (χ2v) is 5.58. The van der Waals surface area contributed by atoms with E-state index in [-0.39, 0.29) is 18.7 Å². The number of rotatable bonds is 6. The van der Waals surface area contributed by atoms with Crippen LogP contribution in [0.3, 0.4) is 0 Å². The summed E-state index contributed by atoms with van der Waals surface area (Å²) in [5, 5.41) is 7.80. The monoisotopic (exact) mass is 405 g/mol. The first-order valence-corrected chi connectivity index (χ1v) is 8.08. The number of H-pyrrole nitrogens is 1. The van der Waals surface area contributed by atoms with Gasteiger partial charge in [-0.1, -0.05) is 17.7 Å². The standard InChI is InChI=1S/C16H15ClF3N3O4/c1-2-26-14(24)12(8-9-6-7-21-23-9)27-15(25)22-11-5-3-4-10(13(11)17)16(18,19)20/h3-7,12H,2,8H2,1H3,(H,21,23)(H,22,25). The first-order chi connectivity index (χ1) is 12.7. The Balaban J connectivity index is 2.12. The molecule has 0 saturated carbocycles. The summed E-state index contributed by atoms with van der Waals surface area (Å²) in [5.74, 6) is -0.814. The van der Waals surface area contributed by atoms with E-state index in [4.69, 9.17) is 21.1 Å². The molecule has 0 radical (unpaired) electrons. The van der Waals surface area contributed by atoms with Crippen molar-refractivity contribution in [3.63, 3.8) is 0 Å². The number of halogens is 4. The summed E-state index contributed by atoms with van der Waals surface area (Å²) in [6.07, 6.45) is -5.75. The summed E-state index contributed by atoms with van der Waals surface area (Å²) in [6, 6.07) is 4.60. The van der Waals surface area contributed by atoms with Crippen LogP contribution in [0, 0.1) is 0 Å².